The number of thioether (sulfide) groups is 1. The maximum absolute atomic E-state index is 13.3. The first-order chi connectivity index (χ1) is 7.84. The van der Waals surface area contributed by atoms with E-state index < -0.39 is 17.6 Å². The fraction of sp³-hybridized carbons (Fsp3) is 0.300. The van der Waals surface area contributed by atoms with Crippen LogP contribution >= 0.6 is 24.0 Å². The molecule has 17 heavy (non-hydrogen) atoms. The summed E-state index contributed by atoms with van der Waals surface area (Å²) in [4.78, 5) is -0.196. The number of thiocarbonyl (C=S) groups is 1. The Hall–Kier alpha value is -0.820. The number of ether oxygens (including phenoxy) is 1. The molecule has 0 radical (unpaired) electrons. The highest BCUT2D eigenvalue weighted by molar-refractivity contribution is 8.22. The first kappa shape index (κ1) is 14.2. The number of hydrogen-bond donors (Lipinski definition) is 0. The van der Waals surface area contributed by atoms with Gasteiger partial charge in [-0.15, -0.1) is 0 Å². The molecule has 0 N–H and O–H groups in total. The van der Waals surface area contributed by atoms with E-state index in [-0.39, 0.29) is 15.9 Å². The minimum atomic E-state index is -4.50. The number of alkyl halides is 3. The molecule has 1 nitrogen and oxygen atoms in total. The summed E-state index contributed by atoms with van der Waals surface area (Å²) in [5.74, 6) is -0.759. The van der Waals surface area contributed by atoms with Crippen molar-refractivity contribution in [1.82, 2.24) is 0 Å². The van der Waals surface area contributed by atoms with Gasteiger partial charge in [-0.25, -0.2) is 4.39 Å². The maximum atomic E-state index is 13.3. The van der Waals surface area contributed by atoms with Crippen molar-refractivity contribution in [1.29, 1.82) is 0 Å². The van der Waals surface area contributed by atoms with Crippen molar-refractivity contribution in [2.45, 2.75) is 18.0 Å². The fourth-order valence-electron chi connectivity index (χ4n) is 0.995. The molecular formula is C10H8F4OS2. The van der Waals surface area contributed by atoms with E-state index in [1.807, 2.05) is 0 Å². The van der Waals surface area contributed by atoms with Crippen molar-refractivity contribution in [3.63, 3.8) is 0 Å². The lowest BCUT2D eigenvalue weighted by molar-refractivity contribution is -0.137. The molecule has 0 atom stereocenters. The summed E-state index contributed by atoms with van der Waals surface area (Å²) < 4.78 is 55.3. The third-order valence-electron chi connectivity index (χ3n) is 1.71. The topological polar surface area (TPSA) is 9.23 Å². The van der Waals surface area contributed by atoms with E-state index in [1.54, 1.807) is 6.92 Å². The second-order valence-electron chi connectivity index (χ2n) is 2.93. The van der Waals surface area contributed by atoms with Crippen LogP contribution in [0.15, 0.2) is 23.1 Å². The molecule has 0 aliphatic rings. The van der Waals surface area contributed by atoms with Crippen LogP contribution in [0.5, 0.6) is 0 Å². The molecule has 0 saturated heterocycles. The minimum absolute atomic E-state index is 0.00859. The summed E-state index contributed by atoms with van der Waals surface area (Å²) in [7, 11) is 0. The van der Waals surface area contributed by atoms with E-state index in [1.165, 1.54) is 0 Å². The second-order valence-corrected chi connectivity index (χ2v) is 4.57. The molecule has 94 valence electrons. The Morgan fingerprint density at radius 3 is 2.59 bits per heavy atom. The molecule has 0 saturated carbocycles. The highest BCUT2D eigenvalue weighted by atomic mass is 32.2. The molecule has 1 rings (SSSR count). The predicted octanol–water partition coefficient (Wildman–Crippen LogP) is 4.26. The molecule has 7 heteroatoms. The summed E-state index contributed by atoms with van der Waals surface area (Å²) >= 11 is 5.38. The van der Waals surface area contributed by atoms with E-state index in [0.29, 0.717) is 23.9 Å². The summed E-state index contributed by atoms with van der Waals surface area (Å²) in [5, 5.41) is 0. The average molecular weight is 284 g/mol. The molecular weight excluding hydrogens is 276 g/mol. The van der Waals surface area contributed by atoms with Gasteiger partial charge in [-0.3, -0.25) is 0 Å². The van der Waals surface area contributed by atoms with Crippen LogP contribution in [0.25, 0.3) is 0 Å². The summed E-state index contributed by atoms with van der Waals surface area (Å²) in [6.07, 6.45) is -4.50. The van der Waals surface area contributed by atoms with Crippen LogP contribution in [0.2, 0.25) is 0 Å². The molecule has 0 bridgehead atoms. The maximum Gasteiger partial charge on any atom is 0.416 e. The summed E-state index contributed by atoms with van der Waals surface area (Å²) in [6.45, 7) is 1.96. The zero-order valence-electron chi connectivity index (χ0n) is 8.68. The molecule has 0 aromatic heterocycles. The van der Waals surface area contributed by atoms with E-state index in [9.17, 15) is 17.6 Å². The highest BCUT2D eigenvalue weighted by Crippen LogP contribution is 2.33. The molecule has 0 amide bonds. The Labute approximate surface area is 105 Å². The predicted molar refractivity (Wildman–Crippen MR) is 61.5 cm³/mol. The SMILES string of the molecule is CCOC(=S)Sc1cc(C(F)(F)F)ccc1F. The molecule has 1 aromatic rings. The lowest BCUT2D eigenvalue weighted by Gasteiger charge is -2.09. The molecule has 0 unspecified atom stereocenters. The van der Waals surface area contributed by atoms with Crippen LogP contribution in [0.3, 0.4) is 0 Å². The minimum Gasteiger partial charge on any atom is -0.479 e. The lowest BCUT2D eigenvalue weighted by atomic mass is 10.2. The van der Waals surface area contributed by atoms with Gasteiger partial charge < -0.3 is 4.74 Å². The highest BCUT2D eigenvalue weighted by Gasteiger charge is 2.31. The average Bonchev–Trinajstić information content (AvgIpc) is 2.20. The van der Waals surface area contributed by atoms with Gasteiger partial charge in [0, 0.05) is 0 Å². The van der Waals surface area contributed by atoms with Gasteiger partial charge in [-0.1, -0.05) is 0 Å². The molecule has 1 aromatic carbocycles. The summed E-state index contributed by atoms with van der Waals surface area (Å²) in [5.41, 5.74) is -0.916. The lowest BCUT2D eigenvalue weighted by Crippen LogP contribution is -2.05. The molecule has 0 fully saturated rings. The van der Waals surface area contributed by atoms with Crippen LogP contribution in [-0.4, -0.2) is 11.0 Å². The van der Waals surface area contributed by atoms with Crippen molar-refractivity contribution in [2.24, 2.45) is 0 Å². The van der Waals surface area contributed by atoms with Gasteiger partial charge in [0.25, 0.3) is 0 Å². The van der Waals surface area contributed by atoms with E-state index in [2.05, 4.69) is 0 Å². The van der Waals surface area contributed by atoms with E-state index in [4.69, 9.17) is 17.0 Å². The van der Waals surface area contributed by atoms with Crippen LogP contribution in [0.1, 0.15) is 12.5 Å². The van der Waals surface area contributed by atoms with Gasteiger partial charge in [0.05, 0.1) is 17.1 Å². The Kier molecular flexibility index (Phi) is 4.76. The molecule has 0 heterocycles. The quantitative estimate of drug-likeness (QED) is 0.456. The van der Waals surface area contributed by atoms with Crippen molar-refractivity contribution in [2.75, 3.05) is 6.61 Å². The zero-order valence-corrected chi connectivity index (χ0v) is 10.3. The van der Waals surface area contributed by atoms with Crippen molar-refractivity contribution >= 4 is 28.4 Å². The molecule has 0 spiro atoms. The molecule has 0 aliphatic heterocycles. The van der Waals surface area contributed by atoms with Crippen LogP contribution < -0.4 is 0 Å². The van der Waals surface area contributed by atoms with Crippen LogP contribution in [0.4, 0.5) is 17.6 Å². The van der Waals surface area contributed by atoms with Gasteiger partial charge in [-0.2, -0.15) is 13.2 Å². The number of hydrogen-bond acceptors (Lipinski definition) is 3. The third-order valence-corrected chi connectivity index (χ3v) is 2.90. The number of benzene rings is 1. The van der Waals surface area contributed by atoms with E-state index in [0.717, 1.165) is 6.07 Å². The Morgan fingerprint density at radius 2 is 2.06 bits per heavy atom. The summed E-state index contributed by atoms with van der Waals surface area (Å²) in [6, 6.07) is 2.16. The van der Waals surface area contributed by atoms with Gasteiger partial charge >= 0.3 is 6.18 Å². The molecule has 0 aliphatic carbocycles. The van der Waals surface area contributed by atoms with Crippen molar-refractivity contribution in [3.8, 4) is 0 Å². The number of halogens is 4. The monoisotopic (exact) mass is 284 g/mol. The van der Waals surface area contributed by atoms with Crippen LogP contribution in [0, 0.1) is 5.82 Å². The Balaban J connectivity index is 2.95. The second kappa shape index (κ2) is 5.68. The van der Waals surface area contributed by atoms with Crippen molar-refractivity contribution < 1.29 is 22.3 Å². The van der Waals surface area contributed by atoms with Gasteiger partial charge in [0.1, 0.15) is 5.82 Å². The number of rotatable bonds is 2. The third kappa shape index (κ3) is 4.16. The first-order valence-electron chi connectivity index (χ1n) is 4.56. The Bertz CT molecular complexity index is 417. The zero-order chi connectivity index (χ0) is 13.1. The van der Waals surface area contributed by atoms with Gasteiger partial charge in [0.2, 0.25) is 4.38 Å². The van der Waals surface area contributed by atoms with Gasteiger partial charge in [-0.05, 0) is 49.1 Å². The first-order valence-corrected chi connectivity index (χ1v) is 5.78. The Morgan fingerprint density at radius 1 is 1.41 bits per heavy atom. The van der Waals surface area contributed by atoms with Gasteiger partial charge in [0.15, 0.2) is 0 Å². The smallest absolute Gasteiger partial charge is 0.416 e. The largest absolute Gasteiger partial charge is 0.479 e. The fourth-order valence-corrected chi connectivity index (χ4v) is 2.09. The standard InChI is InChI=1S/C10H8F4OS2/c1-2-15-9(16)17-8-5-6(10(12,13)14)3-4-7(8)11/h3-5H,2H2,1H3. The van der Waals surface area contributed by atoms with Crippen LogP contribution in [-0.2, 0) is 10.9 Å². The van der Waals surface area contributed by atoms with E-state index >= 15 is 0 Å². The van der Waals surface area contributed by atoms with Crippen molar-refractivity contribution in [3.05, 3.63) is 29.6 Å². The normalized spacial score (nSPS) is 11.4.